The van der Waals surface area contributed by atoms with Crippen molar-refractivity contribution >= 4 is 29.6 Å². The van der Waals surface area contributed by atoms with E-state index in [1.165, 1.54) is 5.38 Å². The fourth-order valence-electron chi connectivity index (χ4n) is 0.778. The molecule has 0 unspecified atom stereocenters. The molecule has 0 spiro atoms. The van der Waals surface area contributed by atoms with Gasteiger partial charge in [-0.2, -0.15) is 4.57 Å². The molecule has 0 fully saturated rings. The van der Waals surface area contributed by atoms with Crippen molar-refractivity contribution in [1.82, 2.24) is 4.57 Å². The number of nitrogens with zero attached hydrogens (tertiary/aromatic N) is 1. The van der Waals surface area contributed by atoms with Gasteiger partial charge in [-0.1, -0.05) is 0 Å². The van der Waals surface area contributed by atoms with E-state index in [4.69, 9.17) is 17.0 Å². The van der Waals surface area contributed by atoms with Crippen LogP contribution in [0.25, 0.3) is 0 Å². The molecule has 1 heterocycles. The maximum Gasteiger partial charge on any atom is 0.423 e. The lowest BCUT2D eigenvalue weighted by atomic mass is 10.2. The molecule has 0 saturated heterocycles. The fraction of sp³-hybridized carbons (Fsp3) is 0.500. The maximum atomic E-state index is 11.5. The number of carbonyl (C=O) groups is 1. The SMILES string of the molecule is CC(C)(C)OC(=O)n1c(O)csc1=S. The summed E-state index contributed by atoms with van der Waals surface area (Å²) >= 11 is 5.97. The number of thiazole rings is 1. The van der Waals surface area contributed by atoms with Gasteiger partial charge in [0.05, 0.1) is 5.38 Å². The second kappa shape index (κ2) is 3.70. The molecule has 6 heteroatoms. The minimum absolute atomic E-state index is 0.186. The van der Waals surface area contributed by atoms with Crippen LogP contribution in [-0.2, 0) is 4.74 Å². The minimum atomic E-state index is -0.652. The number of rotatable bonds is 0. The van der Waals surface area contributed by atoms with E-state index in [9.17, 15) is 9.90 Å². The number of aromatic nitrogens is 1. The first-order valence-corrected chi connectivity index (χ1v) is 5.23. The fourth-order valence-corrected chi connectivity index (χ4v) is 1.68. The Labute approximate surface area is 90.8 Å². The van der Waals surface area contributed by atoms with Crippen LogP contribution in [0.3, 0.4) is 0 Å². The highest BCUT2D eigenvalue weighted by molar-refractivity contribution is 7.73. The summed E-state index contributed by atoms with van der Waals surface area (Å²) in [6, 6.07) is 0. The molecule has 0 radical (unpaired) electrons. The van der Waals surface area contributed by atoms with Gasteiger partial charge in [-0.05, 0) is 33.0 Å². The van der Waals surface area contributed by atoms with E-state index >= 15 is 0 Å². The van der Waals surface area contributed by atoms with Gasteiger partial charge in [0.15, 0.2) is 3.95 Å². The predicted octanol–water partition coefficient (Wildman–Crippen LogP) is 2.77. The Morgan fingerprint density at radius 2 is 2.21 bits per heavy atom. The average Bonchev–Trinajstić information content (AvgIpc) is 2.27. The summed E-state index contributed by atoms with van der Waals surface area (Å²) in [5, 5.41) is 10.7. The molecule has 0 bridgehead atoms. The van der Waals surface area contributed by atoms with Crippen molar-refractivity contribution in [2.75, 3.05) is 0 Å². The maximum absolute atomic E-state index is 11.5. The van der Waals surface area contributed by atoms with Gasteiger partial charge >= 0.3 is 6.09 Å². The number of carbonyl (C=O) groups excluding carboxylic acids is 1. The van der Waals surface area contributed by atoms with Gasteiger partial charge in [-0.3, -0.25) is 0 Å². The lowest BCUT2D eigenvalue weighted by molar-refractivity contribution is 0.0524. The van der Waals surface area contributed by atoms with Crippen molar-refractivity contribution in [3.63, 3.8) is 0 Å². The molecule has 0 aromatic carbocycles. The number of aromatic hydroxyl groups is 1. The van der Waals surface area contributed by atoms with E-state index in [2.05, 4.69) is 0 Å². The quantitative estimate of drug-likeness (QED) is 0.700. The molecule has 0 amide bonds. The van der Waals surface area contributed by atoms with Crippen molar-refractivity contribution in [3.8, 4) is 5.88 Å². The topological polar surface area (TPSA) is 51.5 Å². The molecule has 1 rings (SSSR count). The Balaban J connectivity index is 2.96. The zero-order valence-electron chi connectivity index (χ0n) is 8.10. The first kappa shape index (κ1) is 11.2. The molecule has 1 N–H and O–H groups in total. The Kier molecular flexibility index (Phi) is 2.96. The van der Waals surface area contributed by atoms with Gasteiger partial charge < -0.3 is 9.84 Å². The van der Waals surface area contributed by atoms with Gasteiger partial charge in [0, 0.05) is 0 Å². The summed E-state index contributed by atoms with van der Waals surface area (Å²) in [4.78, 5) is 11.5. The molecular formula is C8H11NO3S2. The van der Waals surface area contributed by atoms with Crippen molar-refractivity contribution in [3.05, 3.63) is 9.33 Å². The van der Waals surface area contributed by atoms with Crippen LogP contribution in [0, 0.1) is 3.95 Å². The zero-order valence-corrected chi connectivity index (χ0v) is 9.74. The van der Waals surface area contributed by atoms with Gasteiger partial charge in [-0.25, -0.2) is 4.79 Å². The van der Waals surface area contributed by atoms with E-state index in [1.54, 1.807) is 20.8 Å². The third-order valence-electron chi connectivity index (χ3n) is 1.25. The van der Waals surface area contributed by atoms with Crippen molar-refractivity contribution in [2.45, 2.75) is 26.4 Å². The van der Waals surface area contributed by atoms with Crippen LogP contribution in [0.4, 0.5) is 4.79 Å². The second-order valence-electron chi connectivity index (χ2n) is 3.68. The van der Waals surface area contributed by atoms with E-state index in [0.717, 1.165) is 15.9 Å². The molecule has 78 valence electrons. The van der Waals surface area contributed by atoms with E-state index < -0.39 is 11.7 Å². The Morgan fingerprint density at radius 3 is 2.57 bits per heavy atom. The van der Waals surface area contributed by atoms with E-state index in [1.807, 2.05) is 0 Å². The average molecular weight is 233 g/mol. The van der Waals surface area contributed by atoms with Crippen LogP contribution in [0.15, 0.2) is 5.38 Å². The summed E-state index contributed by atoms with van der Waals surface area (Å²) in [6.45, 7) is 5.24. The summed E-state index contributed by atoms with van der Waals surface area (Å²) < 4.78 is 6.29. The largest absolute Gasteiger partial charge is 0.493 e. The first-order valence-electron chi connectivity index (χ1n) is 3.94. The molecule has 4 nitrogen and oxygen atoms in total. The first-order chi connectivity index (χ1) is 6.31. The Bertz CT molecular complexity index is 399. The molecule has 0 aliphatic heterocycles. The van der Waals surface area contributed by atoms with Crippen molar-refractivity contribution in [2.24, 2.45) is 0 Å². The van der Waals surface area contributed by atoms with Gasteiger partial charge in [0.25, 0.3) is 0 Å². The Hall–Kier alpha value is -0.880. The molecule has 0 aliphatic carbocycles. The van der Waals surface area contributed by atoms with Crippen molar-refractivity contribution in [1.29, 1.82) is 0 Å². The standard InChI is InChI=1S/C8H11NO3S2/c1-8(2,3)12-6(11)9-5(10)4-14-7(9)13/h4,10H,1-3H3. The molecule has 1 aromatic heterocycles. The van der Waals surface area contributed by atoms with Crippen LogP contribution < -0.4 is 0 Å². The third kappa shape index (κ3) is 2.55. The van der Waals surface area contributed by atoms with Gasteiger partial charge in [-0.15, -0.1) is 11.3 Å². The lowest BCUT2D eigenvalue weighted by Crippen LogP contribution is -2.26. The summed E-state index contributed by atoms with van der Waals surface area (Å²) in [6.07, 6.45) is -0.652. The van der Waals surface area contributed by atoms with Crippen molar-refractivity contribution < 1.29 is 14.6 Å². The molecule has 14 heavy (non-hydrogen) atoms. The zero-order chi connectivity index (χ0) is 10.9. The number of hydrogen-bond acceptors (Lipinski definition) is 5. The van der Waals surface area contributed by atoms with Crippen LogP contribution >= 0.6 is 23.6 Å². The number of ether oxygens (including phenoxy) is 1. The lowest BCUT2D eigenvalue weighted by Gasteiger charge is -2.19. The summed E-state index contributed by atoms with van der Waals surface area (Å²) in [5.74, 6) is -0.186. The molecule has 0 atom stereocenters. The summed E-state index contributed by atoms with van der Waals surface area (Å²) in [7, 11) is 0. The number of hydrogen-bond donors (Lipinski definition) is 1. The molecular weight excluding hydrogens is 222 g/mol. The van der Waals surface area contributed by atoms with E-state index in [-0.39, 0.29) is 9.83 Å². The Morgan fingerprint density at radius 1 is 1.64 bits per heavy atom. The highest BCUT2D eigenvalue weighted by Gasteiger charge is 2.20. The molecule has 0 saturated carbocycles. The third-order valence-corrected chi connectivity index (χ3v) is 2.44. The van der Waals surface area contributed by atoms with E-state index in [0.29, 0.717) is 0 Å². The smallest absolute Gasteiger partial charge is 0.423 e. The summed E-state index contributed by atoms with van der Waals surface area (Å²) in [5.41, 5.74) is -0.597. The second-order valence-corrected chi connectivity index (χ2v) is 5.18. The van der Waals surface area contributed by atoms with Crippen LogP contribution in [0.1, 0.15) is 20.8 Å². The molecule has 1 aromatic rings. The highest BCUT2D eigenvalue weighted by Crippen LogP contribution is 2.19. The van der Waals surface area contributed by atoms with Gasteiger partial charge in [0.1, 0.15) is 5.60 Å². The van der Waals surface area contributed by atoms with Crippen LogP contribution in [0.5, 0.6) is 5.88 Å². The predicted molar refractivity (Wildman–Crippen MR) is 56.4 cm³/mol. The monoisotopic (exact) mass is 233 g/mol. The molecule has 0 aliphatic rings. The minimum Gasteiger partial charge on any atom is -0.493 e. The van der Waals surface area contributed by atoms with Crippen LogP contribution in [0.2, 0.25) is 0 Å². The highest BCUT2D eigenvalue weighted by atomic mass is 32.1. The van der Waals surface area contributed by atoms with Crippen LogP contribution in [-0.4, -0.2) is 21.4 Å². The van der Waals surface area contributed by atoms with Gasteiger partial charge in [0.2, 0.25) is 5.88 Å². The normalized spacial score (nSPS) is 11.4.